The van der Waals surface area contributed by atoms with Gasteiger partial charge in [0.2, 0.25) is 0 Å². The number of nitrogens with zero attached hydrogens (tertiary/aromatic N) is 1. The number of halogens is 2. The van der Waals surface area contributed by atoms with E-state index in [0.29, 0.717) is 18.2 Å². The van der Waals surface area contributed by atoms with Crippen molar-refractivity contribution in [3.63, 3.8) is 0 Å². The molecule has 19 heavy (non-hydrogen) atoms. The van der Waals surface area contributed by atoms with Crippen LogP contribution in [0.5, 0.6) is 0 Å². The molecule has 1 rings (SSSR count). The van der Waals surface area contributed by atoms with Crippen LogP contribution in [0.15, 0.2) is 30.4 Å². The first-order chi connectivity index (χ1) is 10.2. The Morgan fingerprint density at radius 3 is 2.68 bits per heavy atom. The number of rotatable bonds is 4. The van der Waals surface area contributed by atoms with Gasteiger partial charge in [0.1, 0.15) is 0 Å². The smallest absolute Gasteiger partial charge is 0.330 e. The van der Waals surface area contributed by atoms with Crippen LogP contribution in [0.3, 0.4) is 0 Å². The molecule has 0 bridgehead atoms. The summed E-state index contributed by atoms with van der Waals surface area (Å²) in [5.41, 5.74) is -0.364. The third-order valence-electron chi connectivity index (χ3n) is 2.03. The molecule has 0 atom stereocenters. The molecular weight excluding hydrogens is 256 g/mol. The molecule has 0 N–H and O–H groups in total. The largest absolute Gasteiger partial charge is 0.463 e. The second kappa shape index (κ2) is 6.63. The summed E-state index contributed by atoms with van der Waals surface area (Å²) in [7, 11) is 0. The molecule has 0 aromatic heterocycles. The molecule has 1 aromatic rings. The van der Waals surface area contributed by atoms with E-state index in [-0.39, 0.29) is 17.2 Å². The molecule has 0 aliphatic rings. The Labute approximate surface area is 113 Å². The highest BCUT2D eigenvalue weighted by atomic mass is 19.2. The summed E-state index contributed by atoms with van der Waals surface area (Å²) < 4.78 is 52.6. The van der Waals surface area contributed by atoms with E-state index < -0.39 is 30.5 Å². The molecule has 6 heteroatoms. The molecule has 4 nitrogen and oxygen atoms in total. The number of carbonyl (C=O) groups excluding carboxylic acids is 2. The maximum absolute atomic E-state index is 13.2. The minimum atomic E-state index is -2.94. The first-order valence-electron chi connectivity index (χ1n) is 6.81. The van der Waals surface area contributed by atoms with Gasteiger partial charge in [0, 0.05) is 35.0 Å². The summed E-state index contributed by atoms with van der Waals surface area (Å²) in [6.07, 6.45) is 1.44. The van der Waals surface area contributed by atoms with Gasteiger partial charge in [-0.1, -0.05) is 0 Å². The lowest BCUT2D eigenvalue weighted by Crippen LogP contribution is -2.24. The third kappa shape index (κ3) is 4.17. The second-order valence-corrected chi connectivity index (χ2v) is 3.36. The van der Waals surface area contributed by atoms with Crippen LogP contribution in [0.25, 0.3) is 0 Å². The maximum atomic E-state index is 13.2. The SMILES string of the molecule is [2H]C([2H])([2H])N(C(=O)/C=C/C(=O)OCC)c1ccc(F)c(F)c1. The zero-order chi connectivity index (χ0) is 16.9. The highest BCUT2D eigenvalue weighted by Gasteiger charge is 2.11. The standard InChI is InChI=1S/C13H13F2NO3/c1-3-19-13(18)7-6-12(17)16(2)9-4-5-10(14)11(15)8-9/h4-8H,3H2,1-2H3/b7-6+/i2D3. The molecule has 1 amide bonds. The van der Waals surface area contributed by atoms with E-state index in [2.05, 4.69) is 4.74 Å². The summed E-state index contributed by atoms with van der Waals surface area (Å²) in [6, 6.07) is 2.23. The summed E-state index contributed by atoms with van der Waals surface area (Å²) >= 11 is 0. The van der Waals surface area contributed by atoms with Crippen LogP contribution in [-0.2, 0) is 14.3 Å². The van der Waals surface area contributed by atoms with Gasteiger partial charge >= 0.3 is 5.97 Å². The zero-order valence-electron chi connectivity index (χ0n) is 13.0. The highest BCUT2D eigenvalue weighted by molar-refractivity contribution is 6.03. The van der Waals surface area contributed by atoms with E-state index in [1.807, 2.05) is 0 Å². The number of anilines is 1. The van der Waals surface area contributed by atoms with Crippen LogP contribution in [-0.4, -0.2) is 25.5 Å². The van der Waals surface area contributed by atoms with E-state index >= 15 is 0 Å². The molecule has 0 fully saturated rings. The van der Waals surface area contributed by atoms with Crippen LogP contribution in [0, 0.1) is 11.6 Å². The number of likely N-dealkylation sites (N-methyl/N-ethyl adjacent to an activating group) is 1. The van der Waals surface area contributed by atoms with Crippen molar-refractivity contribution in [3.8, 4) is 0 Å². The third-order valence-corrected chi connectivity index (χ3v) is 2.03. The summed E-state index contributed by atoms with van der Waals surface area (Å²) in [5.74, 6) is -4.40. The Kier molecular flexibility index (Phi) is 3.72. The minimum absolute atomic E-state index is 0.0868. The van der Waals surface area contributed by atoms with Gasteiger partial charge < -0.3 is 9.64 Å². The number of hydrogen-bond acceptors (Lipinski definition) is 3. The molecule has 0 spiro atoms. The molecule has 0 aliphatic carbocycles. The molecule has 1 aromatic carbocycles. The predicted octanol–water partition coefficient (Wildman–Crippen LogP) is 2.05. The van der Waals surface area contributed by atoms with Crippen molar-refractivity contribution in [3.05, 3.63) is 42.0 Å². The average Bonchev–Trinajstić information content (AvgIpc) is 2.39. The first-order valence-corrected chi connectivity index (χ1v) is 5.31. The van der Waals surface area contributed by atoms with Crippen LogP contribution in [0.2, 0.25) is 0 Å². The minimum Gasteiger partial charge on any atom is -0.463 e. The zero-order valence-corrected chi connectivity index (χ0v) is 10.0. The Hall–Kier alpha value is -2.24. The second-order valence-electron chi connectivity index (χ2n) is 3.36. The molecular formula is C13H13F2NO3. The predicted molar refractivity (Wildman–Crippen MR) is 65.5 cm³/mol. The van der Waals surface area contributed by atoms with Crippen LogP contribution in [0.1, 0.15) is 11.0 Å². The normalized spacial score (nSPS) is 13.5. The Balaban J connectivity index is 3.11. The van der Waals surface area contributed by atoms with Crippen molar-refractivity contribution in [1.82, 2.24) is 0 Å². The van der Waals surface area contributed by atoms with Crippen LogP contribution < -0.4 is 4.90 Å². The van der Waals surface area contributed by atoms with Crippen molar-refractivity contribution in [2.75, 3.05) is 18.5 Å². The Morgan fingerprint density at radius 1 is 1.37 bits per heavy atom. The van der Waals surface area contributed by atoms with Gasteiger partial charge in [-0.2, -0.15) is 0 Å². The van der Waals surface area contributed by atoms with E-state index in [4.69, 9.17) is 4.11 Å². The molecule has 102 valence electrons. The van der Waals surface area contributed by atoms with Crippen molar-refractivity contribution >= 4 is 17.6 Å². The number of ether oxygens (including phenoxy) is 1. The maximum Gasteiger partial charge on any atom is 0.330 e. The van der Waals surface area contributed by atoms with Gasteiger partial charge in [0.05, 0.1) is 6.61 Å². The number of hydrogen-bond donors (Lipinski definition) is 0. The first kappa shape index (κ1) is 10.7. The van der Waals surface area contributed by atoms with Gasteiger partial charge in [-0.25, -0.2) is 13.6 Å². The van der Waals surface area contributed by atoms with Crippen LogP contribution >= 0.6 is 0 Å². The fraction of sp³-hybridized carbons (Fsp3) is 0.231. The number of amides is 1. The molecule has 0 saturated heterocycles. The molecule has 0 radical (unpaired) electrons. The molecule has 0 heterocycles. The van der Waals surface area contributed by atoms with Crippen molar-refractivity contribution in [2.24, 2.45) is 0 Å². The lowest BCUT2D eigenvalue weighted by atomic mass is 10.2. The molecule has 0 aliphatic heterocycles. The van der Waals surface area contributed by atoms with E-state index in [0.717, 1.165) is 12.1 Å². The number of esters is 1. The van der Waals surface area contributed by atoms with E-state index in [9.17, 15) is 18.4 Å². The molecule has 0 saturated carbocycles. The summed E-state index contributed by atoms with van der Waals surface area (Å²) in [4.78, 5) is 23.3. The number of carbonyl (C=O) groups is 2. The monoisotopic (exact) mass is 272 g/mol. The van der Waals surface area contributed by atoms with Gasteiger partial charge in [0.15, 0.2) is 11.6 Å². The van der Waals surface area contributed by atoms with Gasteiger partial charge in [-0.15, -0.1) is 0 Å². The van der Waals surface area contributed by atoms with Gasteiger partial charge in [-0.3, -0.25) is 4.79 Å². The van der Waals surface area contributed by atoms with Crippen LogP contribution in [0.4, 0.5) is 14.5 Å². The fourth-order valence-corrected chi connectivity index (χ4v) is 1.16. The van der Waals surface area contributed by atoms with Crippen molar-refractivity contribution < 1.29 is 27.2 Å². The number of benzene rings is 1. The quantitative estimate of drug-likeness (QED) is 0.622. The summed E-state index contributed by atoms with van der Waals surface area (Å²) in [5, 5.41) is 0. The Morgan fingerprint density at radius 2 is 2.11 bits per heavy atom. The lowest BCUT2D eigenvalue weighted by Gasteiger charge is -2.15. The fourth-order valence-electron chi connectivity index (χ4n) is 1.16. The average molecular weight is 272 g/mol. The highest BCUT2D eigenvalue weighted by Crippen LogP contribution is 2.16. The van der Waals surface area contributed by atoms with Gasteiger partial charge in [0.25, 0.3) is 5.91 Å². The van der Waals surface area contributed by atoms with E-state index in [1.54, 1.807) is 6.92 Å². The van der Waals surface area contributed by atoms with Gasteiger partial charge in [-0.05, 0) is 19.1 Å². The molecule has 0 unspecified atom stereocenters. The lowest BCUT2D eigenvalue weighted by molar-refractivity contribution is -0.137. The van der Waals surface area contributed by atoms with Crippen molar-refractivity contribution in [2.45, 2.75) is 6.92 Å². The topological polar surface area (TPSA) is 46.6 Å². The summed E-state index contributed by atoms with van der Waals surface area (Å²) in [6.45, 7) is -1.30. The van der Waals surface area contributed by atoms with E-state index in [1.165, 1.54) is 0 Å². The van der Waals surface area contributed by atoms with Crippen molar-refractivity contribution in [1.29, 1.82) is 0 Å². The Bertz CT molecular complexity index is 603.